The van der Waals surface area contributed by atoms with Crippen LogP contribution in [0.25, 0.3) is 0 Å². The predicted molar refractivity (Wildman–Crippen MR) is 51.2 cm³/mol. The number of allylic oxidation sites excluding steroid dienone is 2. The molecule has 6 nitrogen and oxygen atoms in total. The normalized spacial score (nSPS) is 24.5. The summed E-state index contributed by atoms with van der Waals surface area (Å²) in [6.45, 7) is 0. The predicted octanol–water partition coefficient (Wildman–Crippen LogP) is 0.541. The third-order valence-electron chi connectivity index (χ3n) is 1.96. The maximum Gasteiger partial charge on any atom is 0.280 e. The molecule has 0 aromatic rings. The van der Waals surface area contributed by atoms with Crippen molar-refractivity contribution in [2.75, 3.05) is 0 Å². The lowest BCUT2D eigenvalue weighted by Gasteiger charge is -2.10. The molecular formula is C7H4BrN3O3. The Morgan fingerprint density at radius 2 is 2.29 bits per heavy atom. The molecule has 72 valence electrons. The zero-order valence-corrected chi connectivity index (χ0v) is 8.32. The van der Waals surface area contributed by atoms with Crippen LogP contribution in [-0.2, 0) is 4.79 Å². The number of hydrogen-bond acceptors (Lipinski definition) is 4. The highest BCUT2D eigenvalue weighted by Crippen LogP contribution is 2.31. The van der Waals surface area contributed by atoms with Gasteiger partial charge in [-0.25, -0.2) is 5.43 Å². The fourth-order valence-corrected chi connectivity index (χ4v) is 2.02. The number of rotatable bonds is 1. The van der Waals surface area contributed by atoms with Crippen LogP contribution in [0.15, 0.2) is 27.4 Å². The zero-order chi connectivity index (χ0) is 10.3. The first kappa shape index (κ1) is 9.07. The van der Waals surface area contributed by atoms with Gasteiger partial charge < -0.3 is 0 Å². The Balaban J connectivity index is 2.49. The molecular weight excluding hydrogens is 254 g/mol. The third kappa shape index (κ3) is 1.17. The summed E-state index contributed by atoms with van der Waals surface area (Å²) < 4.78 is 0.249. The Morgan fingerprint density at radius 3 is 2.93 bits per heavy atom. The van der Waals surface area contributed by atoms with Crippen molar-refractivity contribution in [1.82, 2.24) is 5.43 Å². The number of hydrogen-bond donors (Lipinski definition) is 1. The van der Waals surface area contributed by atoms with Gasteiger partial charge in [-0.05, 0) is 22.0 Å². The van der Waals surface area contributed by atoms with Crippen molar-refractivity contribution in [3.8, 4) is 0 Å². The van der Waals surface area contributed by atoms with Gasteiger partial charge in [0.05, 0.1) is 15.1 Å². The van der Waals surface area contributed by atoms with E-state index < -0.39 is 10.8 Å². The fourth-order valence-electron chi connectivity index (χ4n) is 1.30. The number of nitro groups is 1. The van der Waals surface area contributed by atoms with Crippen LogP contribution >= 0.6 is 15.9 Å². The molecule has 2 rings (SSSR count). The van der Waals surface area contributed by atoms with E-state index in [1.54, 1.807) is 0 Å². The monoisotopic (exact) mass is 257 g/mol. The van der Waals surface area contributed by atoms with E-state index in [4.69, 9.17) is 0 Å². The number of hydrazone groups is 1. The lowest BCUT2D eigenvalue weighted by Crippen LogP contribution is -2.26. The molecule has 0 aromatic heterocycles. The maximum absolute atomic E-state index is 11.2. The van der Waals surface area contributed by atoms with Gasteiger partial charge in [0.1, 0.15) is 5.92 Å². The van der Waals surface area contributed by atoms with Crippen LogP contribution in [0.3, 0.4) is 0 Å². The summed E-state index contributed by atoms with van der Waals surface area (Å²) in [6.07, 6.45) is 2.78. The van der Waals surface area contributed by atoms with E-state index >= 15 is 0 Å². The smallest absolute Gasteiger partial charge is 0.272 e. The highest BCUT2D eigenvalue weighted by atomic mass is 79.9. The molecule has 0 radical (unpaired) electrons. The summed E-state index contributed by atoms with van der Waals surface area (Å²) in [6, 6.07) is 0. The van der Waals surface area contributed by atoms with Crippen molar-refractivity contribution in [2.24, 2.45) is 11.0 Å². The number of halogens is 1. The van der Waals surface area contributed by atoms with Gasteiger partial charge in [-0.15, -0.1) is 0 Å². The molecule has 0 saturated heterocycles. The number of carbonyl (C=O) groups is 1. The van der Waals surface area contributed by atoms with Crippen molar-refractivity contribution in [3.05, 3.63) is 32.4 Å². The Kier molecular flexibility index (Phi) is 1.95. The summed E-state index contributed by atoms with van der Waals surface area (Å²) in [4.78, 5) is 21.3. The molecule has 1 aliphatic heterocycles. The van der Waals surface area contributed by atoms with Gasteiger partial charge >= 0.3 is 0 Å². The molecule has 1 aliphatic carbocycles. The average molecular weight is 258 g/mol. The van der Waals surface area contributed by atoms with Crippen LogP contribution in [0, 0.1) is 16.0 Å². The van der Waals surface area contributed by atoms with Gasteiger partial charge in [-0.3, -0.25) is 14.9 Å². The summed E-state index contributed by atoms with van der Waals surface area (Å²) in [7, 11) is 0. The second-order valence-electron chi connectivity index (χ2n) is 2.77. The molecule has 14 heavy (non-hydrogen) atoms. The molecule has 1 amide bonds. The highest BCUT2D eigenvalue weighted by molar-refractivity contribution is 9.11. The van der Waals surface area contributed by atoms with Gasteiger partial charge in [-0.2, -0.15) is 5.10 Å². The number of nitrogens with zero attached hydrogens (tertiary/aromatic N) is 2. The number of nitrogens with one attached hydrogen (secondary N) is 1. The third-order valence-corrected chi connectivity index (χ3v) is 2.82. The van der Waals surface area contributed by atoms with Crippen LogP contribution in [0.1, 0.15) is 0 Å². The van der Waals surface area contributed by atoms with Gasteiger partial charge in [0, 0.05) is 6.08 Å². The Bertz CT molecular complexity index is 424. The van der Waals surface area contributed by atoms with Gasteiger partial charge in [-0.1, -0.05) is 0 Å². The van der Waals surface area contributed by atoms with Crippen LogP contribution in [0.2, 0.25) is 0 Å². The topological polar surface area (TPSA) is 84.6 Å². The summed E-state index contributed by atoms with van der Waals surface area (Å²) in [5.41, 5.74) is 2.65. The van der Waals surface area contributed by atoms with Crippen molar-refractivity contribution in [3.63, 3.8) is 0 Å². The van der Waals surface area contributed by atoms with Crippen molar-refractivity contribution in [1.29, 1.82) is 0 Å². The molecule has 1 N–H and O–H groups in total. The minimum Gasteiger partial charge on any atom is -0.272 e. The highest BCUT2D eigenvalue weighted by Gasteiger charge is 2.38. The molecule has 1 heterocycles. The van der Waals surface area contributed by atoms with Gasteiger partial charge in [0.2, 0.25) is 0 Å². The minimum absolute atomic E-state index is 0.106. The van der Waals surface area contributed by atoms with Crippen molar-refractivity contribution >= 4 is 27.5 Å². The molecule has 0 saturated carbocycles. The molecule has 0 spiro atoms. The van der Waals surface area contributed by atoms with Crippen LogP contribution < -0.4 is 5.43 Å². The van der Waals surface area contributed by atoms with E-state index in [0.717, 1.165) is 0 Å². The Labute approximate surface area is 86.6 Å². The second kappa shape index (κ2) is 3.02. The Hall–Kier alpha value is -1.50. The number of fused-ring (bicyclic) bond motifs is 1. The van der Waals surface area contributed by atoms with E-state index in [1.165, 1.54) is 12.2 Å². The fraction of sp³-hybridized carbons (Fsp3) is 0.143. The standard InChI is InChI=1S/C7H4BrN3O3/c8-6-4(11(13)14)2-1-3-5(6)7(12)10-9-3/h1-2,5H,(H,10,12). The first-order chi connectivity index (χ1) is 6.61. The van der Waals surface area contributed by atoms with E-state index in [9.17, 15) is 14.9 Å². The van der Waals surface area contributed by atoms with Crippen LogP contribution in [0.5, 0.6) is 0 Å². The molecule has 1 atom stereocenters. The largest absolute Gasteiger partial charge is 0.280 e. The van der Waals surface area contributed by atoms with E-state index in [1.807, 2.05) is 0 Å². The van der Waals surface area contributed by atoms with Crippen molar-refractivity contribution in [2.45, 2.75) is 0 Å². The van der Waals surface area contributed by atoms with E-state index in [-0.39, 0.29) is 16.1 Å². The summed E-state index contributed by atoms with van der Waals surface area (Å²) in [5, 5.41) is 14.3. The number of carbonyl (C=O) groups excluding carboxylic acids is 1. The van der Waals surface area contributed by atoms with Gasteiger partial charge in [0.25, 0.3) is 11.6 Å². The second-order valence-corrected chi connectivity index (χ2v) is 3.62. The zero-order valence-electron chi connectivity index (χ0n) is 6.73. The SMILES string of the molecule is O=C1NN=C2C=CC([N+](=O)[O-])=C(Br)C12. The lowest BCUT2D eigenvalue weighted by molar-refractivity contribution is -0.419. The van der Waals surface area contributed by atoms with E-state index in [0.29, 0.717) is 5.71 Å². The summed E-state index contributed by atoms with van der Waals surface area (Å²) >= 11 is 3.05. The molecule has 0 fully saturated rings. The van der Waals surface area contributed by atoms with Gasteiger partial charge in [0.15, 0.2) is 0 Å². The molecule has 2 aliphatic rings. The summed E-state index contributed by atoms with van der Waals surface area (Å²) in [5.74, 6) is -1.02. The maximum atomic E-state index is 11.2. The van der Waals surface area contributed by atoms with Crippen LogP contribution in [0.4, 0.5) is 0 Å². The van der Waals surface area contributed by atoms with E-state index in [2.05, 4.69) is 26.5 Å². The first-order valence-electron chi connectivity index (χ1n) is 3.71. The molecule has 0 aromatic carbocycles. The molecule has 7 heteroatoms. The van der Waals surface area contributed by atoms with Crippen molar-refractivity contribution < 1.29 is 9.72 Å². The Morgan fingerprint density at radius 1 is 1.57 bits per heavy atom. The first-order valence-corrected chi connectivity index (χ1v) is 4.50. The van der Waals surface area contributed by atoms with Crippen LogP contribution in [-0.4, -0.2) is 16.5 Å². The molecule has 1 unspecified atom stereocenters. The number of amides is 1. The lowest BCUT2D eigenvalue weighted by atomic mass is 9.97. The minimum atomic E-state index is -0.666. The average Bonchev–Trinajstić information content (AvgIpc) is 2.48. The quantitative estimate of drug-likeness (QED) is 0.550. The molecule has 0 bridgehead atoms.